The van der Waals surface area contributed by atoms with Gasteiger partial charge in [0.2, 0.25) is 5.95 Å². The van der Waals surface area contributed by atoms with Gasteiger partial charge in [0.15, 0.2) is 0 Å². The number of hydrogen-bond donors (Lipinski definition) is 3. The Balaban J connectivity index is 2.43. The minimum absolute atomic E-state index is 0.0134. The van der Waals surface area contributed by atoms with Crippen LogP contribution >= 0.6 is 11.6 Å². The molecule has 20 heavy (non-hydrogen) atoms. The topological polar surface area (TPSA) is 70.1 Å². The SMILES string of the molecule is CNc1ccc(C)c(-c2cc(Cl)nc(NCCO)n2)c1. The Morgan fingerprint density at radius 2 is 2.05 bits per heavy atom. The predicted octanol–water partition coefficient (Wildman–Crippen LogP) is 2.55. The molecule has 1 heterocycles. The summed E-state index contributed by atoms with van der Waals surface area (Å²) in [6.07, 6.45) is 0. The van der Waals surface area contributed by atoms with E-state index < -0.39 is 0 Å². The molecule has 5 nitrogen and oxygen atoms in total. The van der Waals surface area contributed by atoms with Crippen LogP contribution in [0, 0.1) is 6.92 Å². The molecule has 0 bridgehead atoms. The molecule has 0 radical (unpaired) electrons. The lowest BCUT2D eigenvalue weighted by Gasteiger charge is -2.10. The number of aliphatic hydroxyl groups is 1. The summed E-state index contributed by atoms with van der Waals surface area (Å²) in [4.78, 5) is 8.52. The molecule has 0 aliphatic carbocycles. The van der Waals surface area contributed by atoms with E-state index in [0.29, 0.717) is 17.6 Å². The predicted molar refractivity (Wildman–Crippen MR) is 82.3 cm³/mol. The number of anilines is 2. The Bertz CT molecular complexity index is 604. The number of hydrogen-bond acceptors (Lipinski definition) is 5. The number of rotatable bonds is 5. The molecule has 0 saturated heterocycles. The first-order chi connectivity index (χ1) is 9.63. The van der Waals surface area contributed by atoms with Gasteiger partial charge in [-0.1, -0.05) is 17.7 Å². The maximum Gasteiger partial charge on any atom is 0.224 e. The van der Waals surface area contributed by atoms with E-state index in [-0.39, 0.29) is 6.61 Å². The Morgan fingerprint density at radius 1 is 1.25 bits per heavy atom. The van der Waals surface area contributed by atoms with E-state index in [4.69, 9.17) is 16.7 Å². The molecule has 0 aliphatic heterocycles. The second-order valence-corrected chi connectivity index (χ2v) is 4.72. The van der Waals surface area contributed by atoms with Crippen LogP contribution in [-0.2, 0) is 0 Å². The number of nitrogens with zero attached hydrogens (tertiary/aromatic N) is 2. The highest BCUT2D eigenvalue weighted by Gasteiger charge is 2.08. The summed E-state index contributed by atoms with van der Waals surface area (Å²) in [5.41, 5.74) is 3.85. The number of halogens is 1. The maximum atomic E-state index is 8.84. The van der Waals surface area contributed by atoms with Gasteiger partial charge in [0.05, 0.1) is 12.3 Å². The van der Waals surface area contributed by atoms with E-state index in [1.807, 2.05) is 32.2 Å². The van der Waals surface area contributed by atoms with Gasteiger partial charge >= 0.3 is 0 Å². The minimum Gasteiger partial charge on any atom is -0.395 e. The highest BCUT2D eigenvalue weighted by molar-refractivity contribution is 6.29. The Labute approximate surface area is 123 Å². The lowest BCUT2D eigenvalue weighted by Crippen LogP contribution is -2.09. The lowest BCUT2D eigenvalue weighted by molar-refractivity contribution is 0.311. The molecule has 0 atom stereocenters. The van der Waals surface area contributed by atoms with E-state index in [9.17, 15) is 0 Å². The first-order valence-electron chi connectivity index (χ1n) is 6.32. The second kappa shape index (κ2) is 6.54. The fourth-order valence-corrected chi connectivity index (χ4v) is 2.04. The van der Waals surface area contributed by atoms with Crippen LogP contribution in [0.15, 0.2) is 24.3 Å². The molecule has 3 N–H and O–H groups in total. The third-order valence-electron chi connectivity index (χ3n) is 2.89. The zero-order valence-electron chi connectivity index (χ0n) is 11.4. The Morgan fingerprint density at radius 3 is 2.75 bits per heavy atom. The monoisotopic (exact) mass is 292 g/mol. The molecule has 0 saturated carbocycles. The number of nitrogens with one attached hydrogen (secondary N) is 2. The van der Waals surface area contributed by atoms with Gasteiger partial charge in [-0.2, -0.15) is 0 Å². The summed E-state index contributed by atoms with van der Waals surface area (Å²) in [5.74, 6) is 0.413. The average molecular weight is 293 g/mol. The van der Waals surface area contributed by atoms with Crippen LogP contribution in [0.4, 0.5) is 11.6 Å². The molecular weight excluding hydrogens is 276 g/mol. The van der Waals surface area contributed by atoms with Crippen LogP contribution in [0.3, 0.4) is 0 Å². The summed E-state index contributed by atoms with van der Waals surface area (Å²) in [6, 6.07) is 7.78. The minimum atomic E-state index is 0.0134. The van der Waals surface area contributed by atoms with Crippen molar-refractivity contribution in [3.05, 3.63) is 35.0 Å². The van der Waals surface area contributed by atoms with Gasteiger partial charge in [0, 0.05) is 30.9 Å². The summed E-state index contributed by atoms with van der Waals surface area (Å²) in [6.45, 7) is 2.42. The van der Waals surface area contributed by atoms with E-state index in [1.165, 1.54) is 0 Å². The summed E-state index contributed by atoms with van der Waals surface area (Å²) in [7, 11) is 1.87. The summed E-state index contributed by atoms with van der Waals surface area (Å²) >= 11 is 6.04. The highest BCUT2D eigenvalue weighted by Crippen LogP contribution is 2.27. The van der Waals surface area contributed by atoms with Crippen molar-refractivity contribution in [2.75, 3.05) is 30.8 Å². The van der Waals surface area contributed by atoms with Crippen LogP contribution in [-0.4, -0.2) is 35.3 Å². The van der Waals surface area contributed by atoms with Crippen molar-refractivity contribution in [3.8, 4) is 11.3 Å². The van der Waals surface area contributed by atoms with E-state index in [2.05, 4.69) is 20.6 Å². The quantitative estimate of drug-likeness (QED) is 0.739. The van der Waals surface area contributed by atoms with Gasteiger partial charge in [-0.3, -0.25) is 0 Å². The number of aryl methyl sites for hydroxylation is 1. The van der Waals surface area contributed by atoms with Crippen molar-refractivity contribution in [1.82, 2.24) is 9.97 Å². The van der Waals surface area contributed by atoms with Crippen LogP contribution in [0.25, 0.3) is 11.3 Å². The highest BCUT2D eigenvalue weighted by atomic mass is 35.5. The number of aliphatic hydroxyl groups excluding tert-OH is 1. The molecule has 6 heteroatoms. The number of aromatic nitrogens is 2. The molecule has 106 valence electrons. The van der Waals surface area contributed by atoms with E-state index in [1.54, 1.807) is 6.07 Å². The normalized spacial score (nSPS) is 10.4. The summed E-state index contributed by atoms with van der Waals surface area (Å²) < 4.78 is 0. The van der Waals surface area contributed by atoms with Crippen molar-refractivity contribution >= 4 is 23.2 Å². The zero-order valence-corrected chi connectivity index (χ0v) is 12.2. The Hall–Kier alpha value is -1.85. The molecule has 1 aromatic heterocycles. The molecule has 2 rings (SSSR count). The van der Waals surface area contributed by atoms with Crippen LogP contribution in [0.5, 0.6) is 0 Å². The smallest absolute Gasteiger partial charge is 0.224 e. The molecule has 0 unspecified atom stereocenters. The molecular formula is C14H17ClN4O. The fraction of sp³-hybridized carbons (Fsp3) is 0.286. The number of benzene rings is 1. The standard InChI is InChI=1S/C14H17ClN4O/c1-9-3-4-10(16-2)7-11(9)12-8-13(15)19-14(18-12)17-5-6-20/h3-4,7-8,16,20H,5-6H2,1-2H3,(H,17,18,19). The molecule has 0 spiro atoms. The van der Waals surface area contributed by atoms with Gasteiger partial charge in [-0.25, -0.2) is 9.97 Å². The first-order valence-corrected chi connectivity index (χ1v) is 6.70. The molecule has 2 aromatic rings. The third-order valence-corrected chi connectivity index (χ3v) is 3.09. The first kappa shape index (κ1) is 14.6. The van der Waals surface area contributed by atoms with Crippen molar-refractivity contribution in [2.24, 2.45) is 0 Å². The van der Waals surface area contributed by atoms with Gasteiger partial charge < -0.3 is 15.7 Å². The largest absolute Gasteiger partial charge is 0.395 e. The maximum absolute atomic E-state index is 8.84. The lowest BCUT2D eigenvalue weighted by atomic mass is 10.0. The molecule has 0 fully saturated rings. The molecule has 0 aliphatic rings. The van der Waals surface area contributed by atoms with E-state index in [0.717, 1.165) is 22.5 Å². The Kier molecular flexibility index (Phi) is 4.76. The zero-order chi connectivity index (χ0) is 14.5. The van der Waals surface area contributed by atoms with Gasteiger partial charge in [0.1, 0.15) is 5.15 Å². The van der Waals surface area contributed by atoms with Crippen LogP contribution in [0.2, 0.25) is 5.15 Å². The third kappa shape index (κ3) is 3.37. The van der Waals surface area contributed by atoms with Crippen LogP contribution in [0.1, 0.15) is 5.56 Å². The fourth-order valence-electron chi connectivity index (χ4n) is 1.86. The second-order valence-electron chi connectivity index (χ2n) is 4.33. The molecule has 1 aromatic carbocycles. The van der Waals surface area contributed by atoms with Gasteiger partial charge in [0.25, 0.3) is 0 Å². The molecule has 0 amide bonds. The van der Waals surface area contributed by atoms with Gasteiger partial charge in [-0.15, -0.1) is 0 Å². The summed E-state index contributed by atoms with van der Waals surface area (Å²) in [5, 5.41) is 15.2. The van der Waals surface area contributed by atoms with Gasteiger partial charge in [-0.05, 0) is 24.6 Å². The van der Waals surface area contributed by atoms with Crippen molar-refractivity contribution in [2.45, 2.75) is 6.92 Å². The van der Waals surface area contributed by atoms with Crippen molar-refractivity contribution < 1.29 is 5.11 Å². The van der Waals surface area contributed by atoms with Crippen molar-refractivity contribution in [3.63, 3.8) is 0 Å². The van der Waals surface area contributed by atoms with Crippen molar-refractivity contribution in [1.29, 1.82) is 0 Å². The average Bonchev–Trinajstić information content (AvgIpc) is 2.45. The van der Waals surface area contributed by atoms with E-state index >= 15 is 0 Å². The van der Waals surface area contributed by atoms with Crippen LogP contribution < -0.4 is 10.6 Å².